The van der Waals surface area contributed by atoms with Crippen LogP contribution in [0.2, 0.25) is 5.02 Å². The van der Waals surface area contributed by atoms with Gasteiger partial charge in [-0.25, -0.2) is 0 Å². The summed E-state index contributed by atoms with van der Waals surface area (Å²) < 4.78 is 87.0. The van der Waals surface area contributed by atoms with Crippen LogP contribution in [0.4, 0.5) is 26.3 Å². The number of rotatable bonds is 1. The van der Waals surface area contributed by atoms with E-state index in [1.54, 1.807) is 13.8 Å². The molecule has 156 valence electrons. The van der Waals surface area contributed by atoms with Gasteiger partial charge in [-0.15, -0.1) is 0 Å². The Hall–Kier alpha value is -2.41. The summed E-state index contributed by atoms with van der Waals surface area (Å²) in [5.41, 5.74) is -3.48. The molecular weight excluding hydrogens is 430 g/mol. The first kappa shape index (κ1) is 20.8. The Balaban J connectivity index is 2.19. The van der Waals surface area contributed by atoms with E-state index in [2.05, 4.69) is 12.1 Å². The number of fused-ring (bicyclic) bond motifs is 5. The minimum atomic E-state index is -4.96. The van der Waals surface area contributed by atoms with Crippen molar-refractivity contribution in [1.29, 1.82) is 0 Å². The number of alkyl halides is 6. The average molecular weight is 443 g/mol. The molecule has 0 spiro atoms. The Kier molecular flexibility index (Phi) is 4.37. The maximum Gasteiger partial charge on any atom is 0.416 e. The van der Waals surface area contributed by atoms with Gasteiger partial charge in [-0.1, -0.05) is 25.4 Å². The number of halogens is 7. The van der Waals surface area contributed by atoms with Crippen molar-refractivity contribution in [2.45, 2.75) is 31.6 Å². The summed E-state index contributed by atoms with van der Waals surface area (Å²) >= 11 is 6.30. The van der Waals surface area contributed by atoms with E-state index in [-0.39, 0.29) is 33.5 Å². The van der Waals surface area contributed by atoms with Gasteiger partial charge in [0.1, 0.15) is 5.75 Å². The lowest BCUT2D eigenvalue weighted by Gasteiger charge is -2.26. The SMILES string of the molecule is COc1[c]cc2c3c(c[c]c2c1Cl)C(C)(C)c1c-3cc(C(F)(F)F)cc1C(F)(F)F. The van der Waals surface area contributed by atoms with E-state index in [1.165, 1.54) is 19.2 Å². The molecule has 0 amide bonds. The molecule has 1 nitrogen and oxygen atoms in total. The van der Waals surface area contributed by atoms with Gasteiger partial charge < -0.3 is 4.74 Å². The van der Waals surface area contributed by atoms with E-state index in [4.69, 9.17) is 16.3 Å². The van der Waals surface area contributed by atoms with Crippen LogP contribution in [-0.4, -0.2) is 7.11 Å². The second kappa shape index (κ2) is 6.30. The zero-order valence-electron chi connectivity index (χ0n) is 15.9. The van der Waals surface area contributed by atoms with E-state index in [0.717, 1.165) is 6.07 Å². The number of benzene rings is 3. The Bertz CT molecular complexity index is 1190. The summed E-state index contributed by atoms with van der Waals surface area (Å²) in [5.74, 6) is 0.206. The monoisotopic (exact) mass is 442 g/mol. The molecule has 30 heavy (non-hydrogen) atoms. The molecule has 8 heteroatoms. The highest BCUT2D eigenvalue weighted by atomic mass is 35.5. The lowest BCUT2D eigenvalue weighted by Crippen LogP contribution is -2.22. The third kappa shape index (κ3) is 2.86. The van der Waals surface area contributed by atoms with E-state index in [0.29, 0.717) is 16.3 Å². The molecule has 0 unspecified atom stereocenters. The maximum atomic E-state index is 13.8. The lowest BCUT2D eigenvalue weighted by molar-refractivity contribution is -0.143. The molecule has 0 aliphatic heterocycles. The standard InChI is InChI=1S/C22H13ClF6O/c1-20(2)14-6-4-12-11(5-7-16(30-3)19(12)23)17(14)13-8-10(21(24,25)26)9-15(18(13)20)22(27,28)29/h5-6,8-9H,1-3H3. The second-order valence-electron chi connectivity index (χ2n) is 7.57. The molecule has 3 aromatic carbocycles. The number of ether oxygens (including phenoxy) is 1. The van der Waals surface area contributed by atoms with Crippen molar-refractivity contribution in [3.8, 4) is 16.9 Å². The van der Waals surface area contributed by atoms with Gasteiger partial charge in [-0.2, -0.15) is 26.3 Å². The zero-order chi connectivity index (χ0) is 22.2. The molecule has 4 rings (SSSR count). The van der Waals surface area contributed by atoms with Crippen molar-refractivity contribution in [1.82, 2.24) is 0 Å². The molecule has 0 saturated carbocycles. The number of methoxy groups -OCH3 is 1. The van der Waals surface area contributed by atoms with Crippen molar-refractivity contribution in [2.75, 3.05) is 7.11 Å². The minimum absolute atomic E-state index is 0.120. The van der Waals surface area contributed by atoms with Gasteiger partial charge in [-0.05, 0) is 58.0 Å². The fourth-order valence-electron chi connectivity index (χ4n) is 4.17. The summed E-state index contributed by atoms with van der Waals surface area (Å²) in [6.07, 6.45) is -9.90. The quantitative estimate of drug-likeness (QED) is 0.356. The van der Waals surface area contributed by atoms with Crippen LogP contribution < -0.4 is 4.74 Å². The fourth-order valence-corrected chi connectivity index (χ4v) is 4.46. The third-order valence-corrected chi connectivity index (χ3v) is 5.84. The first-order valence-corrected chi connectivity index (χ1v) is 9.12. The van der Waals surface area contributed by atoms with Gasteiger partial charge in [0.25, 0.3) is 0 Å². The second-order valence-corrected chi connectivity index (χ2v) is 7.95. The van der Waals surface area contributed by atoms with Crippen LogP contribution in [0.1, 0.15) is 36.1 Å². The van der Waals surface area contributed by atoms with Gasteiger partial charge in [0, 0.05) is 16.9 Å². The molecule has 1 aliphatic rings. The summed E-state index contributed by atoms with van der Waals surface area (Å²) in [6, 6.07) is 9.63. The first-order valence-electron chi connectivity index (χ1n) is 8.74. The summed E-state index contributed by atoms with van der Waals surface area (Å²) in [4.78, 5) is 0. The molecule has 1 aliphatic carbocycles. The van der Waals surface area contributed by atoms with Gasteiger partial charge in [0.15, 0.2) is 0 Å². The van der Waals surface area contributed by atoms with Gasteiger partial charge >= 0.3 is 12.4 Å². The molecule has 0 saturated heterocycles. The van der Waals surface area contributed by atoms with Crippen molar-refractivity contribution in [3.63, 3.8) is 0 Å². The predicted molar refractivity (Wildman–Crippen MR) is 101 cm³/mol. The van der Waals surface area contributed by atoms with Crippen molar-refractivity contribution < 1.29 is 31.1 Å². The topological polar surface area (TPSA) is 9.23 Å². The molecule has 0 heterocycles. The summed E-state index contributed by atoms with van der Waals surface area (Å²) in [5, 5.41) is 0.824. The van der Waals surface area contributed by atoms with Crippen LogP contribution in [0.3, 0.4) is 0 Å². The smallest absolute Gasteiger partial charge is 0.416 e. The molecule has 0 aromatic heterocycles. The number of hydrogen-bond donors (Lipinski definition) is 0. The van der Waals surface area contributed by atoms with Gasteiger partial charge in [-0.3, -0.25) is 0 Å². The van der Waals surface area contributed by atoms with E-state index < -0.39 is 28.9 Å². The van der Waals surface area contributed by atoms with Crippen LogP contribution in [0.5, 0.6) is 5.75 Å². The average Bonchev–Trinajstić information content (AvgIpc) is 2.88. The van der Waals surface area contributed by atoms with Crippen LogP contribution in [-0.2, 0) is 17.8 Å². The molecule has 2 radical (unpaired) electrons. The molecule has 0 fully saturated rings. The Morgan fingerprint density at radius 2 is 1.63 bits per heavy atom. The highest BCUT2D eigenvalue weighted by Crippen LogP contribution is 2.56. The zero-order valence-corrected chi connectivity index (χ0v) is 16.6. The normalized spacial score (nSPS) is 15.3. The Morgan fingerprint density at radius 1 is 0.967 bits per heavy atom. The largest absolute Gasteiger partial charge is 0.495 e. The van der Waals surface area contributed by atoms with E-state index in [9.17, 15) is 26.3 Å². The molecule has 3 aromatic rings. The van der Waals surface area contributed by atoms with Gasteiger partial charge in [0.05, 0.1) is 23.3 Å². The Labute approximate surface area is 173 Å². The first-order chi connectivity index (χ1) is 13.8. The van der Waals surface area contributed by atoms with Crippen LogP contribution in [0.25, 0.3) is 21.9 Å². The fraction of sp³-hybridized carbons (Fsp3) is 0.273. The summed E-state index contributed by atoms with van der Waals surface area (Å²) in [6.45, 7) is 3.10. The lowest BCUT2D eigenvalue weighted by atomic mass is 9.79. The minimum Gasteiger partial charge on any atom is -0.495 e. The highest BCUT2D eigenvalue weighted by molar-refractivity contribution is 6.37. The van der Waals surface area contributed by atoms with Crippen molar-refractivity contribution >= 4 is 22.4 Å². The highest BCUT2D eigenvalue weighted by Gasteiger charge is 2.47. The maximum absolute atomic E-state index is 13.8. The molecule has 0 N–H and O–H groups in total. The third-order valence-electron chi connectivity index (χ3n) is 5.48. The number of hydrogen-bond acceptors (Lipinski definition) is 1. The predicted octanol–water partition coefficient (Wildman–Crippen LogP) is 7.45. The van der Waals surface area contributed by atoms with Crippen LogP contribution in [0.15, 0.2) is 24.3 Å². The van der Waals surface area contributed by atoms with E-state index in [1.807, 2.05) is 0 Å². The molecular formula is C22H13ClF6O. The molecule has 0 atom stereocenters. The van der Waals surface area contributed by atoms with Crippen molar-refractivity contribution in [3.05, 3.63) is 63.7 Å². The van der Waals surface area contributed by atoms with Crippen LogP contribution in [0, 0.1) is 12.1 Å². The Morgan fingerprint density at radius 3 is 2.20 bits per heavy atom. The summed E-state index contributed by atoms with van der Waals surface area (Å²) in [7, 11) is 1.38. The van der Waals surface area contributed by atoms with Crippen molar-refractivity contribution in [2.24, 2.45) is 0 Å². The van der Waals surface area contributed by atoms with Gasteiger partial charge in [0.2, 0.25) is 0 Å². The molecule has 0 bridgehead atoms. The van der Waals surface area contributed by atoms with E-state index >= 15 is 0 Å². The van der Waals surface area contributed by atoms with Crippen LogP contribution >= 0.6 is 11.6 Å².